The number of aryl methyl sites for hydroxylation is 2. The minimum Gasteiger partial charge on any atom is -0.338 e. The van der Waals surface area contributed by atoms with Gasteiger partial charge in [0.25, 0.3) is 0 Å². The van der Waals surface area contributed by atoms with Gasteiger partial charge in [0.1, 0.15) is 5.82 Å². The van der Waals surface area contributed by atoms with E-state index < -0.39 is 0 Å². The van der Waals surface area contributed by atoms with Crippen molar-refractivity contribution in [3.63, 3.8) is 0 Å². The molecule has 1 saturated heterocycles. The molecule has 0 aliphatic carbocycles. The zero-order valence-corrected chi connectivity index (χ0v) is 17.2. The molecule has 0 radical (unpaired) electrons. The first-order valence-corrected chi connectivity index (χ1v) is 10.4. The van der Waals surface area contributed by atoms with Crippen LogP contribution < -0.4 is 5.73 Å². The molecule has 4 rings (SSSR count). The number of fused-ring (bicyclic) bond motifs is 1. The summed E-state index contributed by atoms with van der Waals surface area (Å²) < 4.78 is 0. The van der Waals surface area contributed by atoms with Crippen LogP contribution in [0, 0.1) is 19.8 Å². The minimum atomic E-state index is 0.452. The van der Waals surface area contributed by atoms with E-state index in [-0.39, 0.29) is 0 Å². The molecule has 1 aliphatic rings. The number of nitrogens with two attached hydrogens (primary N) is 1. The predicted octanol–water partition coefficient (Wildman–Crippen LogP) is 4.02. The summed E-state index contributed by atoms with van der Waals surface area (Å²) in [7, 11) is 2.21. The highest BCUT2D eigenvalue weighted by atomic mass is 15.1. The van der Waals surface area contributed by atoms with Gasteiger partial charge in [-0.2, -0.15) is 0 Å². The SMILES string of the molecule is Cc1ccc2[nH]c(-c3ccc(C(CCN)C4CCN(C)CC4)nc3)nc2c1C. The fourth-order valence-electron chi connectivity index (χ4n) is 4.45. The van der Waals surface area contributed by atoms with Gasteiger partial charge < -0.3 is 15.6 Å². The van der Waals surface area contributed by atoms with Gasteiger partial charge in [0, 0.05) is 23.4 Å². The lowest BCUT2D eigenvalue weighted by molar-refractivity contribution is 0.193. The van der Waals surface area contributed by atoms with Crippen molar-refractivity contribution in [3.8, 4) is 11.4 Å². The highest BCUT2D eigenvalue weighted by Gasteiger charge is 2.27. The average molecular weight is 378 g/mol. The van der Waals surface area contributed by atoms with Crippen molar-refractivity contribution in [2.24, 2.45) is 11.7 Å². The van der Waals surface area contributed by atoms with Crippen LogP contribution in [0.3, 0.4) is 0 Å². The topological polar surface area (TPSA) is 70.8 Å². The number of likely N-dealkylation sites (tertiary alicyclic amines) is 1. The van der Waals surface area contributed by atoms with Gasteiger partial charge in [-0.3, -0.25) is 4.98 Å². The summed E-state index contributed by atoms with van der Waals surface area (Å²) in [4.78, 5) is 15.5. The molecule has 1 aromatic carbocycles. The standard InChI is InChI=1S/C23H31N5/c1-15-4-6-21-22(16(15)2)27-23(26-21)18-5-7-20(25-14-18)19(8-11-24)17-9-12-28(3)13-10-17/h4-7,14,17,19H,8-13,24H2,1-3H3,(H,26,27). The van der Waals surface area contributed by atoms with Gasteiger partial charge in [0.15, 0.2) is 0 Å². The molecule has 1 aliphatic heterocycles. The van der Waals surface area contributed by atoms with Gasteiger partial charge in [-0.1, -0.05) is 6.07 Å². The molecule has 2 aromatic heterocycles. The second-order valence-corrected chi connectivity index (χ2v) is 8.29. The van der Waals surface area contributed by atoms with E-state index in [1.54, 1.807) is 0 Å². The molecule has 5 nitrogen and oxygen atoms in total. The molecule has 1 atom stereocenters. The molecule has 148 valence electrons. The molecule has 3 N–H and O–H groups in total. The molecule has 28 heavy (non-hydrogen) atoms. The summed E-state index contributed by atoms with van der Waals surface area (Å²) in [6.45, 7) is 7.30. The Hall–Kier alpha value is -2.24. The monoisotopic (exact) mass is 377 g/mol. The van der Waals surface area contributed by atoms with Crippen molar-refractivity contribution in [1.82, 2.24) is 19.9 Å². The number of aromatic amines is 1. The van der Waals surface area contributed by atoms with Crippen molar-refractivity contribution >= 4 is 11.0 Å². The van der Waals surface area contributed by atoms with E-state index >= 15 is 0 Å². The number of nitrogens with one attached hydrogen (secondary N) is 1. The number of imidazole rings is 1. The highest BCUT2D eigenvalue weighted by molar-refractivity contribution is 5.83. The molecule has 0 spiro atoms. The van der Waals surface area contributed by atoms with Crippen LogP contribution in [-0.4, -0.2) is 46.5 Å². The summed E-state index contributed by atoms with van der Waals surface area (Å²) in [6, 6.07) is 8.58. The third kappa shape index (κ3) is 3.69. The fourth-order valence-corrected chi connectivity index (χ4v) is 4.45. The number of hydrogen-bond donors (Lipinski definition) is 2. The second kappa shape index (κ2) is 8.02. The fraction of sp³-hybridized carbons (Fsp3) is 0.478. The van der Waals surface area contributed by atoms with Crippen LogP contribution in [-0.2, 0) is 0 Å². The van der Waals surface area contributed by atoms with Crippen LogP contribution in [0.25, 0.3) is 22.4 Å². The Morgan fingerprint density at radius 3 is 2.64 bits per heavy atom. The first-order chi connectivity index (χ1) is 13.6. The first kappa shape index (κ1) is 19.1. The minimum absolute atomic E-state index is 0.452. The van der Waals surface area contributed by atoms with Crippen LogP contribution >= 0.6 is 0 Å². The molecule has 0 amide bonds. The number of hydrogen-bond acceptors (Lipinski definition) is 4. The Morgan fingerprint density at radius 1 is 1.18 bits per heavy atom. The average Bonchev–Trinajstić information content (AvgIpc) is 3.15. The van der Waals surface area contributed by atoms with Gasteiger partial charge in [-0.25, -0.2) is 4.98 Å². The molecule has 1 unspecified atom stereocenters. The third-order valence-corrected chi connectivity index (χ3v) is 6.43. The number of rotatable bonds is 5. The van der Waals surface area contributed by atoms with Crippen molar-refractivity contribution in [2.75, 3.05) is 26.7 Å². The largest absolute Gasteiger partial charge is 0.338 e. The van der Waals surface area contributed by atoms with Crippen LogP contribution in [0.1, 0.15) is 42.0 Å². The summed E-state index contributed by atoms with van der Waals surface area (Å²) in [5.41, 5.74) is 12.8. The first-order valence-electron chi connectivity index (χ1n) is 10.4. The van der Waals surface area contributed by atoms with E-state index in [1.165, 1.54) is 42.8 Å². The van der Waals surface area contributed by atoms with Gasteiger partial charge in [-0.05, 0) is 95.0 Å². The van der Waals surface area contributed by atoms with Crippen molar-refractivity contribution in [1.29, 1.82) is 0 Å². The van der Waals surface area contributed by atoms with E-state index in [0.717, 1.165) is 28.8 Å². The number of pyridine rings is 1. The van der Waals surface area contributed by atoms with Crippen molar-refractivity contribution < 1.29 is 0 Å². The number of piperidine rings is 1. The van der Waals surface area contributed by atoms with Crippen LogP contribution in [0.2, 0.25) is 0 Å². The van der Waals surface area contributed by atoms with Gasteiger partial charge in [0.05, 0.1) is 11.0 Å². The molecule has 5 heteroatoms. The Kier molecular flexibility index (Phi) is 5.47. The molecule has 0 saturated carbocycles. The Balaban J connectivity index is 1.59. The van der Waals surface area contributed by atoms with Crippen LogP contribution in [0.15, 0.2) is 30.5 Å². The number of aromatic nitrogens is 3. The number of H-pyrrole nitrogens is 1. The Morgan fingerprint density at radius 2 is 1.96 bits per heavy atom. The molecule has 1 fully saturated rings. The summed E-state index contributed by atoms with van der Waals surface area (Å²) in [6.07, 6.45) is 5.43. The van der Waals surface area contributed by atoms with E-state index in [0.29, 0.717) is 18.4 Å². The predicted molar refractivity (Wildman–Crippen MR) is 115 cm³/mol. The van der Waals surface area contributed by atoms with E-state index in [2.05, 4.69) is 55.0 Å². The van der Waals surface area contributed by atoms with Crippen molar-refractivity contribution in [3.05, 3.63) is 47.3 Å². The van der Waals surface area contributed by atoms with E-state index in [9.17, 15) is 0 Å². The zero-order valence-electron chi connectivity index (χ0n) is 17.2. The molecule has 3 aromatic rings. The molecular formula is C23H31N5. The highest BCUT2D eigenvalue weighted by Crippen LogP contribution is 2.34. The van der Waals surface area contributed by atoms with Crippen LogP contribution in [0.5, 0.6) is 0 Å². The smallest absolute Gasteiger partial charge is 0.140 e. The maximum Gasteiger partial charge on any atom is 0.140 e. The van der Waals surface area contributed by atoms with Gasteiger partial charge >= 0.3 is 0 Å². The van der Waals surface area contributed by atoms with Gasteiger partial charge in [-0.15, -0.1) is 0 Å². The quantitative estimate of drug-likeness (QED) is 0.705. The zero-order chi connectivity index (χ0) is 19.7. The van der Waals surface area contributed by atoms with Crippen molar-refractivity contribution in [2.45, 2.75) is 39.0 Å². The number of nitrogens with zero attached hydrogens (tertiary/aromatic N) is 3. The summed E-state index contributed by atoms with van der Waals surface area (Å²) in [5.74, 6) is 2.01. The third-order valence-electron chi connectivity index (χ3n) is 6.43. The second-order valence-electron chi connectivity index (χ2n) is 8.29. The van der Waals surface area contributed by atoms with E-state index in [4.69, 9.17) is 15.7 Å². The molecule has 0 bridgehead atoms. The summed E-state index contributed by atoms with van der Waals surface area (Å²) >= 11 is 0. The molecular weight excluding hydrogens is 346 g/mol. The van der Waals surface area contributed by atoms with E-state index in [1.807, 2.05) is 6.20 Å². The lowest BCUT2D eigenvalue weighted by Crippen LogP contribution is -2.33. The lowest BCUT2D eigenvalue weighted by atomic mass is 9.80. The lowest BCUT2D eigenvalue weighted by Gasteiger charge is -2.34. The Labute approximate surface area is 167 Å². The normalized spacial score (nSPS) is 17.3. The van der Waals surface area contributed by atoms with Gasteiger partial charge in [0.2, 0.25) is 0 Å². The number of benzene rings is 1. The summed E-state index contributed by atoms with van der Waals surface area (Å²) in [5, 5.41) is 0. The molecule has 3 heterocycles. The van der Waals surface area contributed by atoms with Crippen LogP contribution in [0.4, 0.5) is 0 Å². The maximum absolute atomic E-state index is 5.94. The maximum atomic E-state index is 5.94. The Bertz CT molecular complexity index is 936.